The maximum atomic E-state index is 12.6. The van der Waals surface area contributed by atoms with Gasteiger partial charge in [-0.05, 0) is 31.0 Å². The lowest BCUT2D eigenvalue weighted by Gasteiger charge is -2.32. The normalized spacial score (nSPS) is 17.1. The average molecular weight is 330 g/mol. The molecule has 1 aromatic heterocycles. The number of benzene rings is 1. The van der Waals surface area contributed by atoms with Crippen molar-refractivity contribution < 1.29 is 9.53 Å². The lowest BCUT2D eigenvalue weighted by atomic mass is 10.1. The smallest absolute Gasteiger partial charge is 0.237 e. The minimum Gasteiger partial charge on any atom is -0.379 e. The highest BCUT2D eigenvalue weighted by molar-refractivity contribution is 5.82. The van der Waals surface area contributed by atoms with Crippen LogP contribution in [0.15, 0.2) is 18.2 Å². The number of carbonyl (C=O) groups is 1. The van der Waals surface area contributed by atoms with E-state index in [-0.39, 0.29) is 11.9 Å². The van der Waals surface area contributed by atoms with Crippen LogP contribution in [0, 0.1) is 6.92 Å². The Hall–Kier alpha value is -1.92. The van der Waals surface area contributed by atoms with Gasteiger partial charge in [-0.2, -0.15) is 0 Å². The second kappa shape index (κ2) is 7.32. The molecule has 24 heavy (non-hydrogen) atoms. The van der Waals surface area contributed by atoms with E-state index in [0.717, 1.165) is 41.9 Å². The Kier molecular flexibility index (Phi) is 5.16. The Morgan fingerprint density at radius 1 is 1.38 bits per heavy atom. The first-order valence-electron chi connectivity index (χ1n) is 8.61. The van der Waals surface area contributed by atoms with Crippen LogP contribution >= 0.6 is 0 Å². The number of fused-ring (bicyclic) bond motifs is 1. The molecule has 0 radical (unpaired) electrons. The summed E-state index contributed by atoms with van der Waals surface area (Å²) in [6.07, 6.45) is 0.810. The van der Waals surface area contributed by atoms with Crippen molar-refractivity contribution in [2.75, 3.05) is 26.3 Å². The van der Waals surface area contributed by atoms with Crippen LogP contribution in [-0.4, -0.2) is 52.7 Å². The van der Waals surface area contributed by atoms with Gasteiger partial charge in [-0.15, -0.1) is 0 Å². The molecule has 1 fully saturated rings. The molecular formula is C18H26N4O2. The van der Waals surface area contributed by atoms with E-state index in [1.807, 2.05) is 14.0 Å². The fraction of sp³-hybridized carbons (Fsp3) is 0.556. The van der Waals surface area contributed by atoms with Gasteiger partial charge in [-0.3, -0.25) is 9.69 Å². The summed E-state index contributed by atoms with van der Waals surface area (Å²) >= 11 is 0. The first kappa shape index (κ1) is 16.9. The third-order valence-corrected chi connectivity index (χ3v) is 4.81. The van der Waals surface area contributed by atoms with Crippen molar-refractivity contribution in [2.24, 2.45) is 7.05 Å². The van der Waals surface area contributed by atoms with E-state index in [1.165, 1.54) is 0 Å². The Labute approximate surface area is 142 Å². The number of morpholine rings is 1. The van der Waals surface area contributed by atoms with Crippen molar-refractivity contribution in [2.45, 2.75) is 32.9 Å². The fourth-order valence-corrected chi connectivity index (χ4v) is 3.28. The summed E-state index contributed by atoms with van der Waals surface area (Å²) in [5.74, 6) is 1.08. The number of imidazole rings is 1. The van der Waals surface area contributed by atoms with Gasteiger partial charge in [-0.1, -0.05) is 13.0 Å². The molecule has 6 heteroatoms. The standard InChI is InChI=1S/C18H26N4O2/c1-4-16(22-7-9-24-10-8-22)18(23)19-12-14-5-6-17-15(11-14)20-13(2)21(17)3/h5-6,11,16H,4,7-10,12H2,1-3H3,(H,19,23). The lowest BCUT2D eigenvalue weighted by molar-refractivity contribution is -0.128. The zero-order chi connectivity index (χ0) is 17.1. The maximum absolute atomic E-state index is 12.6. The van der Waals surface area contributed by atoms with Crippen molar-refractivity contribution in [3.05, 3.63) is 29.6 Å². The molecule has 0 spiro atoms. The van der Waals surface area contributed by atoms with Crippen molar-refractivity contribution in [3.8, 4) is 0 Å². The van der Waals surface area contributed by atoms with Crippen LogP contribution in [0.5, 0.6) is 0 Å². The minimum absolute atomic E-state index is 0.0743. The zero-order valence-electron chi connectivity index (χ0n) is 14.7. The van der Waals surface area contributed by atoms with Crippen LogP contribution in [-0.2, 0) is 23.1 Å². The summed E-state index contributed by atoms with van der Waals surface area (Å²) in [6.45, 7) is 7.65. The second-order valence-corrected chi connectivity index (χ2v) is 6.33. The number of carbonyl (C=O) groups excluding carboxylic acids is 1. The molecular weight excluding hydrogens is 304 g/mol. The number of amides is 1. The molecule has 0 bridgehead atoms. The highest BCUT2D eigenvalue weighted by Crippen LogP contribution is 2.16. The van der Waals surface area contributed by atoms with Crippen LogP contribution in [0.3, 0.4) is 0 Å². The Morgan fingerprint density at radius 3 is 2.83 bits per heavy atom. The number of hydrogen-bond acceptors (Lipinski definition) is 4. The van der Waals surface area contributed by atoms with Crippen LogP contribution in [0.2, 0.25) is 0 Å². The van der Waals surface area contributed by atoms with Gasteiger partial charge < -0.3 is 14.6 Å². The zero-order valence-corrected chi connectivity index (χ0v) is 14.7. The van der Waals surface area contributed by atoms with Gasteiger partial charge in [-0.25, -0.2) is 4.98 Å². The van der Waals surface area contributed by atoms with Crippen LogP contribution in [0.1, 0.15) is 24.7 Å². The van der Waals surface area contributed by atoms with E-state index in [2.05, 4.69) is 44.9 Å². The predicted octanol–water partition coefficient (Wildman–Crippen LogP) is 1.61. The summed E-state index contributed by atoms with van der Waals surface area (Å²) < 4.78 is 7.45. The number of hydrogen-bond donors (Lipinski definition) is 1. The van der Waals surface area contributed by atoms with E-state index in [4.69, 9.17) is 4.74 Å². The summed E-state index contributed by atoms with van der Waals surface area (Å²) in [5.41, 5.74) is 3.16. The topological polar surface area (TPSA) is 59.4 Å². The molecule has 6 nitrogen and oxygen atoms in total. The molecule has 1 unspecified atom stereocenters. The maximum Gasteiger partial charge on any atom is 0.237 e. The molecule has 1 atom stereocenters. The van der Waals surface area contributed by atoms with E-state index in [9.17, 15) is 4.79 Å². The largest absolute Gasteiger partial charge is 0.379 e. The van der Waals surface area contributed by atoms with Crippen molar-refractivity contribution in [1.82, 2.24) is 19.8 Å². The van der Waals surface area contributed by atoms with Crippen molar-refractivity contribution >= 4 is 16.9 Å². The summed E-state index contributed by atoms with van der Waals surface area (Å²) in [7, 11) is 2.01. The Morgan fingerprint density at radius 2 is 2.12 bits per heavy atom. The summed E-state index contributed by atoms with van der Waals surface area (Å²) in [6, 6.07) is 6.10. The number of nitrogens with one attached hydrogen (secondary N) is 1. The molecule has 1 aromatic carbocycles. The first-order valence-corrected chi connectivity index (χ1v) is 8.61. The lowest BCUT2D eigenvalue weighted by Crippen LogP contribution is -2.50. The quantitative estimate of drug-likeness (QED) is 0.905. The monoisotopic (exact) mass is 330 g/mol. The molecule has 1 aliphatic heterocycles. The third kappa shape index (κ3) is 3.44. The Bertz CT molecular complexity index is 719. The number of rotatable bonds is 5. The number of nitrogens with zero attached hydrogens (tertiary/aromatic N) is 3. The summed E-state index contributed by atoms with van der Waals surface area (Å²) in [4.78, 5) is 19.3. The summed E-state index contributed by atoms with van der Waals surface area (Å²) in [5, 5.41) is 3.08. The van der Waals surface area contributed by atoms with Crippen LogP contribution < -0.4 is 5.32 Å². The highest BCUT2D eigenvalue weighted by Gasteiger charge is 2.25. The SMILES string of the molecule is CCC(C(=O)NCc1ccc2c(c1)nc(C)n2C)N1CCOCC1. The van der Waals surface area contributed by atoms with Gasteiger partial charge in [0.25, 0.3) is 0 Å². The number of aryl methyl sites for hydroxylation is 2. The number of ether oxygens (including phenoxy) is 1. The first-order chi connectivity index (χ1) is 11.6. The molecule has 1 N–H and O–H groups in total. The second-order valence-electron chi connectivity index (χ2n) is 6.33. The van der Waals surface area contributed by atoms with Gasteiger partial charge in [0.05, 0.1) is 30.3 Å². The van der Waals surface area contributed by atoms with Gasteiger partial charge in [0.2, 0.25) is 5.91 Å². The van der Waals surface area contributed by atoms with Crippen molar-refractivity contribution in [3.63, 3.8) is 0 Å². The highest BCUT2D eigenvalue weighted by atomic mass is 16.5. The molecule has 1 saturated heterocycles. The van der Waals surface area contributed by atoms with Crippen molar-refractivity contribution in [1.29, 1.82) is 0 Å². The van der Waals surface area contributed by atoms with Crippen LogP contribution in [0.25, 0.3) is 11.0 Å². The van der Waals surface area contributed by atoms with E-state index in [0.29, 0.717) is 19.8 Å². The molecule has 0 saturated carbocycles. The fourth-order valence-electron chi connectivity index (χ4n) is 3.28. The average Bonchev–Trinajstić information content (AvgIpc) is 2.88. The van der Waals surface area contributed by atoms with E-state index in [1.54, 1.807) is 0 Å². The van der Waals surface area contributed by atoms with Gasteiger partial charge >= 0.3 is 0 Å². The van der Waals surface area contributed by atoms with E-state index >= 15 is 0 Å². The Balaban J connectivity index is 1.64. The third-order valence-electron chi connectivity index (χ3n) is 4.81. The van der Waals surface area contributed by atoms with E-state index < -0.39 is 0 Å². The van der Waals surface area contributed by atoms with Gasteiger partial charge in [0.1, 0.15) is 5.82 Å². The molecule has 2 aromatic rings. The molecule has 2 heterocycles. The van der Waals surface area contributed by atoms with Crippen LogP contribution in [0.4, 0.5) is 0 Å². The number of aromatic nitrogens is 2. The molecule has 3 rings (SSSR count). The molecule has 0 aliphatic carbocycles. The molecule has 130 valence electrons. The molecule has 1 aliphatic rings. The van der Waals surface area contributed by atoms with Gasteiger partial charge in [0.15, 0.2) is 0 Å². The molecule has 1 amide bonds. The van der Waals surface area contributed by atoms with Gasteiger partial charge in [0, 0.05) is 26.7 Å². The minimum atomic E-state index is -0.0743. The predicted molar refractivity (Wildman–Crippen MR) is 93.8 cm³/mol.